The molecule has 5 heteroatoms. The molecule has 0 bridgehead atoms. The van der Waals surface area contributed by atoms with Crippen molar-refractivity contribution in [2.75, 3.05) is 6.54 Å². The molecule has 0 aliphatic carbocycles. The van der Waals surface area contributed by atoms with E-state index < -0.39 is 5.95 Å². The second kappa shape index (κ2) is 5.09. The maximum atomic E-state index is 13.1. The molecule has 0 saturated carbocycles. The van der Waals surface area contributed by atoms with Crippen molar-refractivity contribution in [2.24, 2.45) is 0 Å². The van der Waals surface area contributed by atoms with Crippen LogP contribution >= 0.6 is 11.3 Å². The average Bonchev–Trinajstić information content (AvgIpc) is 3.08. The Balaban J connectivity index is 1.87. The summed E-state index contributed by atoms with van der Waals surface area (Å²) < 4.78 is 13.1. The number of thiophene rings is 1. The van der Waals surface area contributed by atoms with Gasteiger partial charge in [-0.15, -0.1) is 0 Å². The summed E-state index contributed by atoms with van der Waals surface area (Å²) in [6.45, 7) is 0.706. The molecule has 2 aromatic heterocycles. The summed E-state index contributed by atoms with van der Waals surface area (Å²) in [5, 5.41) is 4.08. The molecule has 1 unspecified atom stereocenters. The van der Waals surface area contributed by atoms with Crippen LogP contribution in [0.5, 0.6) is 0 Å². The lowest BCUT2D eigenvalue weighted by Gasteiger charge is -2.23. The third-order valence-corrected chi connectivity index (χ3v) is 4.08. The smallest absolute Gasteiger partial charge is 0.273 e. The molecule has 3 nitrogen and oxygen atoms in total. The van der Waals surface area contributed by atoms with E-state index in [0.29, 0.717) is 6.54 Å². The summed E-state index contributed by atoms with van der Waals surface area (Å²) in [7, 11) is 0. The van der Waals surface area contributed by atoms with Crippen LogP contribution in [0.3, 0.4) is 0 Å². The fourth-order valence-electron chi connectivity index (χ4n) is 2.50. The average molecular weight is 276 g/mol. The van der Waals surface area contributed by atoms with Crippen molar-refractivity contribution in [3.63, 3.8) is 0 Å². The predicted molar refractivity (Wildman–Crippen MR) is 71.5 cm³/mol. The molecule has 0 N–H and O–H groups in total. The van der Waals surface area contributed by atoms with Gasteiger partial charge in [-0.05, 0) is 47.4 Å². The molecule has 1 aliphatic heterocycles. The molecular formula is C14H13FN2OS. The lowest BCUT2D eigenvalue weighted by Crippen LogP contribution is -2.31. The summed E-state index contributed by atoms with van der Waals surface area (Å²) in [5.41, 5.74) is 1.34. The maximum absolute atomic E-state index is 13.1. The highest BCUT2D eigenvalue weighted by atomic mass is 32.1. The highest BCUT2D eigenvalue weighted by Crippen LogP contribution is 2.33. The first-order valence-corrected chi connectivity index (χ1v) is 7.15. The summed E-state index contributed by atoms with van der Waals surface area (Å²) in [6.07, 6.45) is 1.93. The zero-order valence-electron chi connectivity index (χ0n) is 10.3. The van der Waals surface area contributed by atoms with E-state index in [2.05, 4.69) is 10.4 Å². The van der Waals surface area contributed by atoms with E-state index in [1.807, 2.05) is 11.4 Å². The van der Waals surface area contributed by atoms with Gasteiger partial charge in [0, 0.05) is 6.54 Å². The molecule has 1 saturated heterocycles. The number of pyridine rings is 1. The van der Waals surface area contributed by atoms with Crippen LogP contribution in [0.4, 0.5) is 4.39 Å². The largest absolute Gasteiger partial charge is 0.330 e. The second-order valence-electron chi connectivity index (χ2n) is 4.56. The monoisotopic (exact) mass is 276 g/mol. The maximum Gasteiger partial charge on any atom is 0.273 e. The normalized spacial score (nSPS) is 18.8. The van der Waals surface area contributed by atoms with Crippen molar-refractivity contribution >= 4 is 17.2 Å². The molecule has 98 valence electrons. The number of hydrogen-bond acceptors (Lipinski definition) is 3. The summed E-state index contributed by atoms with van der Waals surface area (Å²) >= 11 is 1.62. The number of likely N-dealkylation sites (tertiary alicyclic amines) is 1. The number of carbonyl (C=O) groups excluding carboxylic acids is 1. The van der Waals surface area contributed by atoms with Gasteiger partial charge in [0.25, 0.3) is 5.91 Å². The van der Waals surface area contributed by atoms with Crippen molar-refractivity contribution in [1.82, 2.24) is 9.88 Å². The van der Waals surface area contributed by atoms with Gasteiger partial charge in [-0.1, -0.05) is 6.07 Å². The molecule has 1 aliphatic rings. The standard InChI is InChI=1S/C14H13FN2OS/c15-13-5-1-3-11(16-13)14(18)17-7-2-4-12(17)10-6-8-19-9-10/h1,3,5-6,8-9,12H,2,4,7H2. The molecule has 3 rings (SSSR count). The third kappa shape index (κ3) is 2.38. The Bertz CT molecular complexity index is 585. The quantitative estimate of drug-likeness (QED) is 0.789. The Labute approximate surface area is 114 Å². The van der Waals surface area contributed by atoms with E-state index in [1.165, 1.54) is 12.1 Å². The minimum atomic E-state index is -0.614. The van der Waals surface area contributed by atoms with Crippen LogP contribution < -0.4 is 0 Å². The zero-order chi connectivity index (χ0) is 13.2. The zero-order valence-corrected chi connectivity index (χ0v) is 11.1. The molecule has 1 atom stereocenters. The van der Waals surface area contributed by atoms with Crippen molar-refractivity contribution in [1.29, 1.82) is 0 Å². The lowest BCUT2D eigenvalue weighted by molar-refractivity contribution is 0.0728. The van der Waals surface area contributed by atoms with Crippen molar-refractivity contribution in [3.8, 4) is 0 Å². The molecule has 1 fully saturated rings. The number of halogens is 1. The number of carbonyl (C=O) groups is 1. The van der Waals surface area contributed by atoms with Crippen LogP contribution in [0, 0.1) is 5.95 Å². The first-order chi connectivity index (χ1) is 9.25. The van der Waals surface area contributed by atoms with Gasteiger partial charge in [0.2, 0.25) is 5.95 Å². The Morgan fingerprint density at radius 2 is 2.32 bits per heavy atom. The Morgan fingerprint density at radius 1 is 1.42 bits per heavy atom. The van der Waals surface area contributed by atoms with Crippen LogP contribution in [0.1, 0.15) is 34.9 Å². The number of amides is 1. The summed E-state index contributed by atoms with van der Waals surface area (Å²) in [5.74, 6) is -0.801. The van der Waals surface area contributed by atoms with Crippen LogP contribution in [0.25, 0.3) is 0 Å². The highest BCUT2D eigenvalue weighted by molar-refractivity contribution is 7.07. The molecule has 19 heavy (non-hydrogen) atoms. The van der Waals surface area contributed by atoms with Crippen LogP contribution in [-0.4, -0.2) is 22.3 Å². The van der Waals surface area contributed by atoms with Gasteiger partial charge >= 0.3 is 0 Å². The van der Waals surface area contributed by atoms with E-state index in [4.69, 9.17) is 0 Å². The van der Waals surface area contributed by atoms with Gasteiger partial charge in [0.15, 0.2) is 0 Å². The number of rotatable bonds is 2. The first kappa shape index (κ1) is 12.3. The summed E-state index contributed by atoms with van der Waals surface area (Å²) in [4.78, 5) is 17.9. The Morgan fingerprint density at radius 3 is 3.05 bits per heavy atom. The molecule has 2 aromatic rings. The minimum Gasteiger partial charge on any atom is -0.330 e. The molecule has 0 radical (unpaired) electrons. The predicted octanol–water partition coefficient (Wildman–Crippen LogP) is 3.26. The molecule has 3 heterocycles. The molecular weight excluding hydrogens is 263 g/mol. The van der Waals surface area contributed by atoms with Crippen molar-refractivity contribution in [2.45, 2.75) is 18.9 Å². The number of hydrogen-bond donors (Lipinski definition) is 0. The van der Waals surface area contributed by atoms with Crippen LogP contribution in [0.2, 0.25) is 0 Å². The van der Waals surface area contributed by atoms with Gasteiger partial charge in [-0.2, -0.15) is 15.7 Å². The molecule has 1 amide bonds. The van der Waals surface area contributed by atoms with E-state index in [0.717, 1.165) is 18.4 Å². The molecule has 0 spiro atoms. The fourth-order valence-corrected chi connectivity index (χ4v) is 3.20. The number of nitrogens with zero attached hydrogens (tertiary/aromatic N) is 2. The van der Waals surface area contributed by atoms with Gasteiger partial charge in [-0.3, -0.25) is 4.79 Å². The van der Waals surface area contributed by atoms with E-state index in [-0.39, 0.29) is 17.6 Å². The number of aromatic nitrogens is 1. The Hall–Kier alpha value is -1.75. The SMILES string of the molecule is O=C(c1cccc(F)n1)N1CCCC1c1ccsc1. The summed E-state index contributed by atoms with van der Waals surface area (Å²) in [6, 6.07) is 6.47. The third-order valence-electron chi connectivity index (χ3n) is 3.38. The fraction of sp³-hybridized carbons (Fsp3) is 0.286. The van der Waals surface area contributed by atoms with Gasteiger partial charge in [0.1, 0.15) is 5.69 Å². The van der Waals surface area contributed by atoms with Crippen LogP contribution in [-0.2, 0) is 0 Å². The van der Waals surface area contributed by atoms with E-state index in [1.54, 1.807) is 22.3 Å². The first-order valence-electron chi connectivity index (χ1n) is 6.21. The van der Waals surface area contributed by atoms with Gasteiger partial charge in [-0.25, -0.2) is 4.98 Å². The van der Waals surface area contributed by atoms with Gasteiger partial charge < -0.3 is 4.90 Å². The van der Waals surface area contributed by atoms with E-state index >= 15 is 0 Å². The Kier molecular flexibility index (Phi) is 3.29. The topological polar surface area (TPSA) is 33.2 Å². The van der Waals surface area contributed by atoms with Crippen molar-refractivity contribution in [3.05, 3.63) is 52.2 Å². The van der Waals surface area contributed by atoms with E-state index in [9.17, 15) is 9.18 Å². The van der Waals surface area contributed by atoms with Crippen molar-refractivity contribution < 1.29 is 9.18 Å². The highest BCUT2D eigenvalue weighted by Gasteiger charge is 2.31. The van der Waals surface area contributed by atoms with Gasteiger partial charge in [0.05, 0.1) is 6.04 Å². The second-order valence-corrected chi connectivity index (χ2v) is 5.34. The minimum absolute atomic E-state index is 0.101. The lowest BCUT2D eigenvalue weighted by atomic mass is 10.1. The van der Waals surface area contributed by atoms with Crippen LogP contribution in [0.15, 0.2) is 35.0 Å². The molecule has 0 aromatic carbocycles.